The second-order valence-electron chi connectivity index (χ2n) is 4.72. The third kappa shape index (κ3) is 4.17. The van der Waals surface area contributed by atoms with E-state index in [2.05, 4.69) is 5.32 Å². The Morgan fingerprint density at radius 1 is 1.05 bits per heavy atom. The molecule has 0 aliphatic rings. The highest BCUT2D eigenvalue weighted by Crippen LogP contribution is 2.31. The zero-order valence-electron chi connectivity index (χ0n) is 11.7. The van der Waals surface area contributed by atoms with Gasteiger partial charge >= 0.3 is 6.18 Å². The summed E-state index contributed by atoms with van der Waals surface area (Å²) in [6.45, 7) is 1.92. The number of hydrogen-bond acceptors (Lipinski definition) is 2. The topological polar surface area (TPSA) is 12.0 Å². The fraction of sp³-hybridized carbons (Fsp3) is 0.250. The molecule has 0 aliphatic heterocycles. The quantitative estimate of drug-likeness (QED) is 0.738. The maximum absolute atomic E-state index is 12.7. The Labute approximate surface area is 126 Å². The lowest BCUT2D eigenvalue weighted by Crippen LogP contribution is -2.09. The van der Waals surface area contributed by atoms with Crippen LogP contribution in [0.2, 0.25) is 0 Å². The fourth-order valence-corrected chi connectivity index (χ4v) is 2.42. The summed E-state index contributed by atoms with van der Waals surface area (Å²) >= 11 is 1.65. The molecule has 2 rings (SSSR count). The molecule has 5 heteroatoms. The van der Waals surface area contributed by atoms with Gasteiger partial charge in [0.05, 0.1) is 5.56 Å². The van der Waals surface area contributed by atoms with Gasteiger partial charge < -0.3 is 5.32 Å². The van der Waals surface area contributed by atoms with E-state index in [4.69, 9.17) is 0 Å². The molecule has 0 saturated carbocycles. The van der Waals surface area contributed by atoms with Crippen LogP contribution in [0.4, 0.5) is 18.9 Å². The van der Waals surface area contributed by atoms with Crippen molar-refractivity contribution >= 4 is 17.4 Å². The molecule has 0 fully saturated rings. The minimum Gasteiger partial charge on any atom is -0.379 e. The van der Waals surface area contributed by atoms with Crippen molar-refractivity contribution in [2.24, 2.45) is 0 Å². The molecule has 2 aromatic carbocycles. The van der Waals surface area contributed by atoms with Crippen molar-refractivity contribution in [1.29, 1.82) is 0 Å². The molecule has 0 aromatic heterocycles. The largest absolute Gasteiger partial charge is 0.416 e. The van der Waals surface area contributed by atoms with Crippen molar-refractivity contribution in [3.05, 3.63) is 59.7 Å². The number of benzene rings is 2. The number of rotatable bonds is 4. The van der Waals surface area contributed by atoms with E-state index in [9.17, 15) is 13.2 Å². The number of halogens is 3. The second-order valence-corrected chi connectivity index (χ2v) is 5.60. The SMILES string of the molecule is CSc1ccc(C(C)Nc2cccc(C(F)(F)F)c2)cc1. The number of nitrogens with one attached hydrogen (secondary N) is 1. The van der Waals surface area contributed by atoms with Crippen molar-refractivity contribution in [2.75, 3.05) is 11.6 Å². The first-order chi connectivity index (χ1) is 9.90. The first-order valence-electron chi connectivity index (χ1n) is 6.48. The summed E-state index contributed by atoms with van der Waals surface area (Å²) in [5.41, 5.74) is 0.855. The summed E-state index contributed by atoms with van der Waals surface area (Å²) in [6.07, 6.45) is -2.32. The summed E-state index contributed by atoms with van der Waals surface area (Å²) < 4.78 is 38.0. The lowest BCUT2D eigenvalue weighted by atomic mass is 10.1. The third-order valence-electron chi connectivity index (χ3n) is 3.19. The summed E-state index contributed by atoms with van der Waals surface area (Å²) in [4.78, 5) is 1.16. The highest BCUT2D eigenvalue weighted by atomic mass is 32.2. The molecular formula is C16H16F3NS. The molecule has 1 atom stereocenters. The summed E-state index contributed by atoms with van der Waals surface area (Å²) in [5, 5.41) is 3.10. The van der Waals surface area contributed by atoms with Crippen LogP contribution < -0.4 is 5.32 Å². The maximum Gasteiger partial charge on any atom is 0.416 e. The Kier molecular flexibility index (Phi) is 4.83. The highest BCUT2D eigenvalue weighted by molar-refractivity contribution is 7.98. The van der Waals surface area contributed by atoms with Gasteiger partial charge in [0.25, 0.3) is 0 Å². The molecule has 112 valence electrons. The minimum absolute atomic E-state index is 0.0654. The average Bonchev–Trinajstić information content (AvgIpc) is 2.47. The van der Waals surface area contributed by atoms with Gasteiger partial charge in [-0.2, -0.15) is 13.2 Å². The van der Waals surface area contributed by atoms with Crippen LogP contribution >= 0.6 is 11.8 Å². The van der Waals surface area contributed by atoms with Crippen LogP contribution in [0, 0.1) is 0 Å². The minimum atomic E-state index is -4.32. The van der Waals surface area contributed by atoms with Gasteiger partial charge in [-0.1, -0.05) is 18.2 Å². The molecular weight excluding hydrogens is 295 g/mol. The predicted octanol–water partition coefficient (Wildman–Crippen LogP) is 5.60. The zero-order chi connectivity index (χ0) is 15.5. The van der Waals surface area contributed by atoms with Crippen molar-refractivity contribution in [2.45, 2.75) is 24.0 Å². The molecule has 1 nitrogen and oxygen atoms in total. The molecule has 1 unspecified atom stereocenters. The number of thioether (sulfide) groups is 1. The van der Waals surface area contributed by atoms with Crippen molar-refractivity contribution in [3.63, 3.8) is 0 Å². The third-order valence-corrected chi connectivity index (χ3v) is 3.93. The lowest BCUT2D eigenvalue weighted by Gasteiger charge is -2.17. The molecule has 0 bridgehead atoms. The van der Waals surface area contributed by atoms with Crippen LogP contribution in [0.25, 0.3) is 0 Å². The molecule has 0 saturated heterocycles. The number of anilines is 1. The van der Waals surface area contributed by atoms with Crippen LogP contribution in [-0.4, -0.2) is 6.26 Å². The Hall–Kier alpha value is -1.62. The first-order valence-corrected chi connectivity index (χ1v) is 7.70. The van der Waals surface area contributed by atoms with Crippen molar-refractivity contribution in [1.82, 2.24) is 0 Å². The van der Waals surface area contributed by atoms with Gasteiger partial charge in [-0.25, -0.2) is 0 Å². The molecule has 0 aliphatic carbocycles. The highest BCUT2D eigenvalue weighted by Gasteiger charge is 2.30. The van der Waals surface area contributed by atoms with E-state index in [1.807, 2.05) is 37.4 Å². The zero-order valence-corrected chi connectivity index (χ0v) is 12.6. The van der Waals surface area contributed by atoms with Crippen LogP contribution in [0.1, 0.15) is 24.1 Å². The van der Waals surface area contributed by atoms with Gasteiger partial charge in [0.1, 0.15) is 0 Å². The lowest BCUT2D eigenvalue weighted by molar-refractivity contribution is -0.137. The van der Waals surface area contributed by atoms with E-state index < -0.39 is 11.7 Å². The Bertz CT molecular complexity index is 593. The van der Waals surface area contributed by atoms with Gasteiger partial charge in [0.15, 0.2) is 0 Å². The predicted molar refractivity (Wildman–Crippen MR) is 81.7 cm³/mol. The van der Waals surface area contributed by atoms with Crippen molar-refractivity contribution in [3.8, 4) is 0 Å². The molecule has 0 radical (unpaired) electrons. The molecule has 21 heavy (non-hydrogen) atoms. The van der Waals surface area contributed by atoms with Crippen LogP contribution in [-0.2, 0) is 6.18 Å². The Morgan fingerprint density at radius 2 is 1.71 bits per heavy atom. The van der Waals surface area contributed by atoms with Crippen molar-refractivity contribution < 1.29 is 13.2 Å². The summed E-state index contributed by atoms with van der Waals surface area (Å²) in [6, 6.07) is 13.2. The monoisotopic (exact) mass is 311 g/mol. The fourth-order valence-electron chi connectivity index (χ4n) is 2.01. The standard InChI is InChI=1S/C16H16F3NS/c1-11(12-6-8-15(21-2)9-7-12)20-14-5-3-4-13(10-14)16(17,18)19/h3-11,20H,1-2H3. The normalized spacial score (nSPS) is 13.0. The molecule has 0 spiro atoms. The van der Waals surface area contributed by atoms with E-state index in [0.29, 0.717) is 5.69 Å². The average molecular weight is 311 g/mol. The number of hydrogen-bond donors (Lipinski definition) is 1. The summed E-state index contributed by atoms with van der Waals surface area (Å²) in [5.74, 6) is 0. The molecule has 2 aromatic rings. The van der Waals surface area contributed by atoms with Gasteiger partial charge in [0.2, 0.25) is 0 Å². The van der Waals surface area contributed by atoms with E-state index in [1.54, 1.807) is 17.8 Å². The van der Waals surface area contributed by atoms with E-state index in [1.165, 1.54) is 6.07 Å². The van der Waals surface area contributed by atoms with Crippen LogP contribution in [0.3, 0.4) is 0 Å². The van der Waals surface area contributed by atoms with Crippen LogP contribution in [0.5, 0.6) is 0 Å². The van der Waals surface area contributed by atoms with Gasteiger partial charge in [-0.3, -0.25) is 0 Å². The second kappa shape index (κ2) is 6.43. The van der Waals surface area contributed by atoms with Gasteiger partial charge in [-0.15, -0.1) is 11.8 Å². The Balaban J connectivity index is 2.13. The van der Waals surface area contributed by atoms with Crippen LogP contribution in [0.15, 0.2) is 53.4 Å². The summed E-state index contributed by atoms with van der Waals surface area (Å²) in [7, 11) is 0. The van der Waals surface area contributed by atoms with E-state index in [-0.39, 0.29) is 6.04 Å². The van der Waals surface area contributed by atoms with E-state index >= 15 is 0 Å². The molecule has 0 amide bonds. The maximum atomic E-state index is 12.7. The molecule has 1 N–H and O–H groups in total. The van der Waals surface area contributed by atoms with Gasteiger partial charge in [0, 0.05) is 16.6 Å². The Morgan fingerprint density at radius 3 is 2.29 bits per heavy atom. The van der Waals surface area contributed by atoms with Gasteiger partial charge in [-0.05, 0) is 49.1 Å². The molecule has 0 heterocycles. The number of alkyl halides is 3. The van der Waals surface area contributed by atoms with E-state index in [0.717, 1.165) is 22.6 Å². The first kappa shape index (κ1) is 15.8. The smallest absolute Gasteiger partial charge is 0.379 e.